The Balaban J connectivity index is 4.52. The van der Waals surface area contributed by atoms with Gasteiger partial charge in [0.15, 0.2) is 6.10 Å². The first-order valence-electron chi connectivity index (χ1n) is 28.1. The van der Waals surface area contributed by atoms with Crippen LogP contribution in [0.1, 0.15) is 239 Å². The summed E-state index contributed by atoms with van der Waals surface area (Å²) in [5.74, 6) is -0.969. The van der Waals surface area contributed by atoms with Crippen molar-refractivity contribution in [3.8, 4) is 0 Å². The van der Waals surface area contributed by atoms with Crippen molar-refractivity contribution in [2.24, 2.45) is 0 Å². The third kappa shape index (κ3) is 54.6. The van der Waals surface area contributed by atoms with Crippen LogP contribution in [0, 0.1) is 0 Å². The second-order valence-corrected chi connectivity index (χ2v) is 18.1. The van der Waals surface area contributed by atoms with Gasteiger partial charge in [-0.1, -0.05) is 226 Å². The second kappa shape index (κ2) is 56.4. The van der Waals surface area contributed by atoms with Crippen molar-refractivity contribution in [3.05, 3.63) is 122 Å². The van der Waals surface area contributed by atoms with Gasteiger partial charge in [-0.2, -0.15) is 0 Å². The van der Waals surface area contributed by atoms with Gasteiger partial charge in [-0.15, -0.1) is 0 Å². The summed E-state index contributed by atoms with van der Waals surface area (Å²) in [4.78, 5) is 38.1. The number of hydrogen-bond acceptors (Lipinski definition) is 6. The van der Waals surface area contributed by atoms with Crippen molar-refractivity contribution >= 4 is 17.9 Å². The van der Waals surface area contributed by atoms with Crippen LogP contribution >= 0.6 is 0 Å². The predicted octanol–water partition coefficient (Wildman–Crippen LogP) is 18.9. The summed E-state index contributed by atoms with van der Waals surface area (Å²) in [6.07, 6.45) is 77.5. The van der Waals surface area contributed by atoms with E-state index < -0.39 is 6.10 Å². The fourth-order valence-corrected chi connectivity index (χ4v) is 7.33. The number of carbonyl (C=O) groups is 3. The lowest BCUT2D eigenvalue weighted by Crippen LogP contribution is -2.30. The molecular weight excluding hydrogens is 853 g/mol. The minimum Gasteiger partial charge on any atom is -0.462 e. The van der Waals surface area contributed by atoms with E-state index in [1.807, 2.05) is 0 Å². The van der Waals surface area contributed by atoms with Gasteiger partial charge in [0, 0.05) is 19.3 Å². The van der Waals surface area contributed by atoms with Gasteiger partial charge in [0.25, 0.3) is 0 Å². The summed E-state index contributed by atoms with van der Waals surface area (Å²) in [7, 11) is 0. The number of unbranched alkanes of at least 4 members (excludes halogenated alkanes) is 20. The van der Waals surface area contributed by atoms with Gasteiger partial charge in [-0.3, -0.25) is 14.4 Å². The highest BCUT2D eigenvalue weighted by Gasteiger charge is 2.19. The normalized spacial score (nSPS) is 13.0. The van der Waals surface area contributed by atoms with Crippen molar-refractivity contribution in [2.75, 3.05) is 13.2 Å². The maximum atomic E-state index is 12.8. The Hall–Kier alpha value is -4.19. The van der Waals surface area contributed by atoms with E-state index in [0.29, 0.717) is 19.3 Å². The quantitative estimate of drug-likeness (QED) is 0.0199. The van der Waals surface area contributed by atoms with Gasteiger partial charge in [-0.25, -0.2) is 0 Å². The number of esters is 3. The van der Waals surface area contributed by atoms with Crippen LogP contribution in [0.3, 0.4) is 0 Å². The van der Waals surface area contributed by atoms with Crippen LogP contribution in [0.25, 0.3) is 0 Å². The fraction of sp³-hybridized carbons (Fsp3) is 0.635. The minimum atomic E-state index is -0.810. The van der Waals surface area contributed by atoms with E-state index in [1.54, 1.807) is 0 Å². The van der Waals surface area contributed by atoms with E-state index in [-0.39, 0.29) is 31.1 Å². The number of rotatable bonds is 49. The van der Waals surface area contributed by atoms with Crippen LogP contribution in [0.4, 0.5) is 0 Å². The summed E-state index contributed by atoms with van der Waals surface area (Å²) in [6, 6.07) is 0. The Morgan fingerprint density at radius 1 is 0.319 bits per heavy atom. The van der Waals surface area contributed by atoms with Crippen molar-refractivity contribution in [1.82, 2.24) is 0 Å². The molecule has 0 aliphatic heterocycles. The molecule has 1 atom stereocenters. The third-order valence-corrected chi connectivity index (χ3v) is 11.5. The molecule has 6 nitrogen and oxygen atoms in total. The number of allylic oxidation sites excluding steroid dienone is 20. The van der Waals surface area contributed by atoms with Gasteiger partial charge in [-0.05, 0) is 116 Å². The van der Waals surface area contributed by atoms with Crippen LogP contribution in [-0.4, -0.2) is 37.2 Å². The lowest BCUT2D eigenvalue weighted by atomic mass is 10.1. The number of hydrogen-bond donors (Lipinski definition) is 0. The molecular formula is C63H102O6. The summed E-state index contributed by atoms with van der Waals surface area (Å²) >= 11 is 0. The Morgan fingerprint density at radius 3 is 1.01 bits per heavy atom. The smallest absolute Gasteiger partial charge is 0.306 e. The zero-order chi connectivity index (χ0) is 50.0. The molecule has 0 aromatic rings. The highest BCUT2D eigenvalue weighted by atomic mass is 16.6. The Kier molecular flexibility index (Phi) is 53.0. The molecule has 1 unspecified atom stereocenters. The van der Waals surface area contributed by atoms with Gasteiger partial charge in [0.2, 0.25) is 0 Å². The minimum absolute atomic E-state index is 0.105. The monoisotopic (exact) mass is 955 g/mol. The second-order valence-electron chi connectivity index (χ2n) is 18.1. The lowest BCUT2D eigenvalue weighted by molar-refractivity contribution is -0.167. The number of ether oxygens (including phenoxy) is 3. The van der Waals surface area contributed by atoms with Crippen LogP contribution in [0.2, 0.25) is 0 Å². The molecule has 0 aromatic carbocycles. The first-order valence-corrected chi connectivity index (χ1v) is 28.1. The highest BCUT2D eigenvalue weighted by Crippen LogP contribution is 2.13. The first kappa shape index (κ1) is 64.8. The highest BCUT2D eigenvalue weighted by molar-refractivity contribution is 5.71. The molecule has 0 aliphatic carbocycles. The van der Waals surface area contributed by atoms with Gasteiger partial charge in [0.05, 0.1) is 0 Å². The van der Waals surface area contributed by atoms with Crippen molar-refractivity contribution in [3.63, 3.8) is 0 Å². The summed E-state index contributed by atoms with van der Waals surface area (Å²) in [6.45, 7) is 6.35. The molecule has 0 rings (SSSR count). The van der Waals surface area contributed by atoms with Crippen LogP contribution < -0.4 is 0 Å². The third-order valence-electron chi connectivity index (χ3n) is 11.5. The van der Waals surface area contributed by atoms with Gasteiger partial charge in [0.1, 0.15) is 13.2 Å². The molecule has 0 aromatic heterocycles. The molecule has 6 heteroatoms. The molecule has 0 N–H and O–H groups in total. The molecule has 0 amide bonds. The Labute approximate surface area is 424 Å². The maximum Gasteiger partial charge on any atom is 0.306 e. The molecule has 69 heavy (non-hydrogen) atoms. The molecule has 0 fully saturated rings. The van der Waals surface area contributed by atoms with E-state index >= 15 is 0 Å². The molecule has 0 saturated carbocycles. The Morgan fingerprint density at radius 2 is 0.623 bits per heavy atom. The topological polar surface area (TPSA) is 78.9 Å². The Bertz CT molecular complexity index is 1470. The maximum absolute atomic E-state index is 12.8. The van der Waals surface area contributed by atoms with Crippen LogP contribution in [0.15, 0.2) is 122 Å². The average molecular weight is 956 g/mol. The van der Waals surface area contributed by atoms with E-state index in [9.17, 15) is 14.4 Å². The van der Waals surface area contributed by atoms with Gasteiger partial charge < -0.3 is 14.2 Å². The van der Waals surface area contributed by atoms with Crippen LogP contribution in [-0.2, 0) is 28.6 Å². The molecule has 0 heterocycles. The largest absolute Gasteiger partial charge is 0.462 e. The molecule has 0 bridgehead atoms. The SMILES string of the molecule is CC/C=C\C/C=C\C/C=C\C/C=C\C/C=C\CCCCCC(=O)OCC(COC(=O)CCCCCCCCC/C=C\C/C=C\CC)OC(=O)CCCCCCC\C=C/C=C\C=C/CCCCCCC. The van der Waals surface area contributed by atoms with E-state index in [2.05, 4.69) is 142 Å². The first-order chi connectivity index (χ1) is 34.0. The molecule has 390 valence electrons. The van der Waals surface area contributed by atoms with E-state index in [4.69, 9.17) is 14.2 Å². The van der Waals surface area contributed by atoms with E-state index in [0.717, 1.165) is 141 Å². The van der Waals surface area contributed by atoms with Crippen molar-refractivity contribution < 1.29 is 28.6 Å². The van der Waals surface area contributed by atoms with Crippen molar-refractivity contribution in [2.45, 2.75) is 245 Å². The van der Waals surface area contributed by atoms with Crippen molar-refractivity contribution in [1.29, 1.82) is 0 Å². The molecule has 0 aliphatic rings. The summed E-state index contributed by atoms with van der Waals surface area (Å²) in [5, 5.41) is 0. The van der Waals surface area contributed by atoms with E-state index in [1.165, 1.54) is 57.8 Å². The molecule has 0 radical (unpaired) electrons. The number of carbonyl (C=O) groups excluding carboxylic acids is 3. The lowest BCUT2D eigenvalue weighted by Gasteiger charge is -2.18. The molecule has 0 saturated heterocycles. The van der Waals surface area contributed by atoms with Crippen LogP contribution in [0.5, 0.6) is 0 Å². The average Bonchev–Trinajstić information content (AvgIpc) is 3.35. The molecule has 0 spiro atoms. The summed E-state index contributed by atoms with van der Waals surface area (Å²) < 4.78 is 16.8. The summed E-state index contributed by atoms with van der Waals surface area (Å²) in [5.41, 5.74) is 0. The predicted molar refractivity (Wildman–Crippen MR) is 297 cm³/mol. The zero-order valence-corrected chi connectivity index (χ0v) is 44.5. The van der Waals surface area contributed by atoms with Gasteiger partial charge >= 0.3 is 17.9 Å². The standard InChI is InChI=1S/C63H102O6/c1-4-7-10-13-16-19-22-25-28-30-32-34-35-38-41-44-47-50-53-56-62(65)68-59-60(58-67-61(64)55-52-49-46-43-40-37-27-24-21-18-15-12-9-6-3)69-63(66)57-54-51-48-45-42-39-36-33-31-29-26-23-20-17-14-11-8-5-2/h7,9-10,12,16,18-19,21,23,25-26,28-29,31-34,36,38,41,60H,4-6,8,11,13-15,17,20,22,24,27,30,35,37,39-40,42-59H2,1-3H3/b10-7-,12-9-,19-16-,21-18-,26-23-,28-25-,31-29-,34-32-,36-33-,41-38-. The zero-order valence-electron chi connectivity index (χ0n) is 44.5. The fourth-order valence-electron chi connectivity index (χ4n) is 7.33.